The summed E-state index contributed by atoms with van der Waals surface area (Å²) in [5.74, 6) is -0.241. The Morgan fingerprint density at radius 3 is 2.43 bits per heavy atom. The summed E-state index contributed by atoms with van der Waals surface area (Å²) in [5, 5.41) is 10.8. The number of amides is 1. The highest BCUT2D eigenvalue weighted by atomic mass is 16.6. The molecular weight excluding hydrogens is 268 g/mol. The fourth-order valence-corrected chi connectivity index (χ4v) is 2.09. The standard InChI is InChI=1S/C16H16N2O3/c1-12(13-7-4-3-5-8-13)17(2)16(19)14-9-6-10-15(11-14)18(20)21/h3-12H,1-2H3/t12-/m0/s1. The molecule has 0 spiro atoms. The first kappa shape index (κ1) is 14.7. The van der Waals surface area contributed by atoms with Crippen LogP contribution in [0.5, 0.6) is 0 Å². The third kappa shape index (κ3) is 3.25. The lowest BCUT2D eigenvalue weighted by atomic mass is 10.1. The molecular formula is C16H16N2O3. The van der Waals surface area contributed by atoms with Gasteiger partial charge in [0.1, 0.15) is 0 Å². The summed E-state index contributed by atoms with van der Waals surface area (Å²) in [7, 11) is 1.69. The van der Waals surface area contributed by atoms with Crippen LogP contribution in [-0.2, 0) is 0 Å². The van der Waals surface area contributed by atoms with E-state index in [2.05, 4.69) is 0 Å². The van der Waals surface area contributed by atoms with Gasteiger partial charge in [-0.3, -0.25) is 14.9 Å². The molecule has 1 atom stereocenters. The smallest absolute Gasteiger partial charge is 0.270 e. The molecule has 5 nitrogen and oxygen atoms in total. The highest BCUT2D eigenvalue weighted by Crippen LogP contribution is 2.21. The highest BCUT2D eigenvalue weighted by Gasteiger charge is 2.20. The van der Waals surface area contributed by atoms with Crippen molar-refractivity contribution < 1.29 is 9.72 Å². The molecule has 0 aliphatic heterocycles. The van der Waals surface area contributed by atoms with Gasteiger partial charge in [0, 0.05) is 24.7 Å². The van der Waals surface area contributed by atoms with Gasteiger partial charge in [-0.1, -0.05) is 36.4 Å². The molecule has 0 unspecified atom stereocenters. The maximum absolute atomic E-state index is 12.4. The molecule has 2 rings (SSSR count). The summed E-state index contributed by atoms with van der Waals surface area (Å²) in [6.45, 7) is 1.92. The van der Waals surface area contributed by atoms with Crippen molar-refractivity contribution in [2.75, 3.05) is 7.05 Å². The van der Waals surface area contributed by atoms with Crippen LogP contribution in [0.25, 0.3) is 0 Å². The first-order valence-electron chi connectivity index (χ1n) is 6.57. The van der Waals surface area contributed by atoms with E-state index in [1.165, 1.54) is 18.2 Å². The monoisotopic (exact) mass is 284 g/mol. The number of nitro benzene ring substituents is 1. The predicted molar refractivity (Wildman–Crippen MR) is 80.0 cm³/mol. The molecule has 2 aromatic rings. The Morgan fingerprint density at radius 1 is 1.14 bits per heavy atom. The van der Waals surface area contributed by atoms with E-state index in [0.29, 0.717) is 5.56 Å². The van der Waals surface area contributed by atoms with Crippen molar-refractivity contribution in [3.05, 3.63) is 75.8 Å². The van der Waals surface area contributed by atoms with Crippen LogP contribution in [0.1, 0.15) is 28.9 Å². The van der Waals surface area contributed by atoms with E-state index in [1.807, 2.05) is 37.3 Å². The second-order valence-electron chi connectivity index (χ2n) is 4.81. The van der Waals surface area contributed by atoms with E-state index in [9.17, 15) is 14.9 Å². The van der Waals surface area contributed by atoms with E-state index in [0.717, 1.165) is 5.56 Å². The number of non-ortho nitro benzene ring substituents is 1. The van der Waals surface area contributed by atoms with Gasteiger partial charge in [-0.05, 0) is 18.6 Å². The van der Waals surface area contributed by atoms with Crippen molar-refractivity contribution in [2.45, 2.75) is 13.0 Å². The molecule has 2 aromatic carbocycles. The van der Waals surface area contributed by atoms with Crippen molar-refractivity contribution in [3.8, 4) is 0 Å². The first-order chi connectivity index (χ1) is 10.0. The van der Waals surface area contributed by atoms with Gasteiger partial charge < -0.3 is 4.90 Å². The number of benzene rings is 2. The average molecular weight is 284 g/mol. The molecule has 0 aliphatic rings. The Hall–Kier alpha value is -2.69. The number of nitro groups is 1. The summed E-state index contributed by atoms with van der Waals surface area (Å²) in [4.78, 5) is 24.3. The lowest BCUT2D eigenvalue weighted by molar-refractivity contribution is -0.384. The minimum atomic E-state index is -0.503. The molecule has 0 radical (unpaired) electrons. The van der Waals surface area contributed by atoms with Gasteiger partial charge in [0.15, 0.2) is 0 Å². The fraction of sp³-hybridized carbons (Fsp3) is 0.188. The van der Waals surface area contributed by atoms with Gasteiger partial charge in [0.2, 0.25) is 0 Å². The van der Waals surface area contributed by atoms with Crippen LogP contribution in [0.3, 0.4) is 0 Å². The molecule has 1 amide bonds. The summed E-state index contributed by atoms with van der Waals surface area (Å²) < 4.78 is 0. The zero-order valence-electron chi connectivity index (χ0n) is 11.9. The van der Waals surface area contributed by atoms with Crippen LogP contribution < -0.4 is 0 Å². The zero-order chi connectivity index (χ0) is 15.4. The number of rotatable bonds is 4. The van der Waals surface area contributed by atoms with E-state index < -0.39 is 4.92 Å². The average Bonchev–Trinajstić information content (AvgIpc) is 2.53. The van der Waals surface area contributed by atoms with E-state index in [-0.39, 0.29) is 17.6 Å². The molecule has 5 heteroatoms. The minimum absolute atomic E-state index is 0.0818. The lowest BCUT2D eigenvalue weighted by Crippen LogP contribution is -2.29. The molecule has 0 aromatic heterocycles. The van der Waals surface area contributed by atoms with Crippen molar-refractivity contribution in [2.24, 2.45) is 0 Å². The molecule has 0 bridgehead atoms. The topological polar surface area (TPSA) is 63.5 Å². The predicted octanol–water partition coefficient (Wildman–Crippen LogP) is 3.43. The molecule has 0 saturated heterocycles. The van der Waals surface area contributed by atoms with Crippen molar-refractivity contribution >= 4 is 11.6 Å². The molecule has 0 fully saturated rings. The largest absolute Gasteiger partial charge is 0.335 e. The van der Waals surface area contributed by atoms with Crippen LogP contribution in [0.2, 0.25) is 0 Å². The van der Waals surface area contributed by atoms with Crippen LogP contribution >= 0.6 is 0 Å². The Morgan fingerprint density at radius 2 is 1.81 bits per heavy atom. The third-order valence-electron chi connectivity index (χ3n) is 3.49. The van der Waals surface area contributed by atoms with Gasteiger partial charge in [-0.25, -0.2) is 0 Å². The maximum atomic E-state index is 12.4. The SMILES string of the molecule is C[C@@H](c1ccccc1)N(C)C(=O)c1cccc([N+](=O)[O-])c1. The van der Waals surface area contributed by atoms with E-state index in [4.69, 9.17) is 0 Å². The van der Waals surface area contributed by atoms with Gasteiger partial charge >= 0.3 is 0 Å². The Balaban J connectivity index is 2.23. The second-order valence-corrected chi connectivity index (χ2v) is 4.81. The molecule has 0 saturated carbocycles. The van der Waals surface area contributed by atoms with Gasteiger partial charge in [-0.15, -0.1) is 0 Å². The second kappa shape index (κ2) is 6.17. The van der Waals surface area contributed by atoms with E-state index >= 15 is 0 Å². The fourth-order valence-electron chi connectivity index (χ4n) is 2.09. The van der Waals surface area contributed by atoms with Crippen LogP contribution in [0.4, 0.5) is 5.69 Å². The zero-order valence-corrected chi connectivity index (χ0v) is 11.9. The molecule has 108 valence electrons. The summed E-state index contributed by atoms with van der Waals surface area (Å²) in [6, 6.07) is 15.3. The lowest BCUT2D eigenvalue weighted by Gasteiger charge is -2.25. The Labute approximate surface area is 123 Å². The van der Waals surface area contributed by atoms with Crippen LogP contribution in [-0.4, -0.2) is 22.8 Å². The third-order valence-corrected chi connectivity index (χ3v) is 3.49. The first-order valence-corrected chi connectivity index (χ1v) is 6.57. The Kier molecular flexibility index (Phi) is 4.33. The molecule has 21 heavy (non-hydrogen) atoms. The number of nitrogens with zero attached hydrogens (tertiary/aromatic N) is 2. The van der Waals surface area contributed by atoms with Crippen LogP contribution in [0.15, 0.2) is 54.6 Å². The normalized spacial score (nSPS) is 11.7. The van der Waals surface area contributed by atoms with Crippen molar-refractivity contribution in [3.63, 3.8) is 0 Å². The maximum Gasteiger partial charge on any atom is 0.270 e. The van der Waals surface area contributed by atoms with Crippen molar-refractivity contribution in [1.29, 1.82) is 0 Å². The van der Waals surface area contributed by atoms with Gasteiger partial charge in [0.25, 0.3) is 11.6 Å². The van der Waals surface area contributed by atoms with E-state index in [1.54, 1.807) is 18.0 Å². The number of carbonyl (C=O) groups is 1. The Bertz CT molecular complexity index is 656. The highest BCUT2D eigenvalue weighted by molar-refractivity contribution is 5.94. The molecule has 0 aliphatic carbocycles. The summed E-state index contributed by atoms with van der Waals surface area (Å²) in [5.41, 5.74) is 1.25. The van der Waals surface area contributed by atoms with Gasteiger partial charge in [-0.2, -0.15) is 0 Å². The molecule has 0 heterocycles. The number of carbonyl (C=O) groups excluding carboxylic acids is 1. The van der Waals surface area contributed by atoms with Crippen LogP contribution in [0, 0.1) is 10.1 Å². The summed E-state index contributed by atoms with van der Waals surface area (Å²) >= 11 is 0. The quantitative estimate of drug-likeness (QED) is 0.638. The minimum Gasteiger partial charge on any atom is -0.335 e. The molecule has 0 N–H and O–H groups in total. The summed E-state index contributed by atoms with van der Waals surface area (Å²) in [6.07, 6.45) is 0. The van der Waals surface area contributed by atoms with Crippen molar-refractivity contribution in [1.82, 2.24) is 4.90 Å². The number of hydrogen-bond acceptors (Lipinski definition) is 3. The van der Waals surface area contributed by atoms with Gasteiger partial charge in [0.05, 0.1) is 11.0 Å². The number of hydrogen-bond donors (Lipinski definition) is 0.